The Labute approximate surface area is 145 Å². The highest BCUT2D eigenvalue weighted by Gasteiger charge is 2.15. The van der Waals surface area contributed by atoms with Crippen molar-refractivity contribution >= 4 is 29.1 Å². The van der Waals surface area contributed by atoms with Crippen molar-refractivity contribution in [1.82, 2.24) is 4.90 Å². The third kappa shape index (κ3) is 5.06. The van der Waals surface area contributed by atoms with Crippen molar-refractivity contribution < 1.29 is 14.0 Å². The number of carbonyl (C=O) groups is 2. The number of nitrogens with zero attached hydrogens (tertiary/aromatic N) is 1. The SMILES string of the molecule is CC(=O)N(CC(=O)Nc1ccc(Cl)cc1C)Cc1ccc(F)cc1. The van der Waals surface area contributed by atoms with Gasteiger partial charge in [0.1, 0.15) is 12.4 Å². The van der Waals surface area contributed by atoms with Gasteiger partial charge in [-0.1, -0.05) is 23.7 Å². The summed E-state index contributed by atoms with van der Waals surface area (Å²) in [6.45, 7) is 3.38. The smallest absolute Gasteiger partial charge is 0.244 e. The normalized spacial score (nSPS) is 10.3. The number of anilines is 1. The van der Waals surface area contributed by atoms with Crippen LogP contribution in [0.3, 0.4) is 0 Å². The molecule has 0 saturated carbocycles. The molecule has 2 aromatic carbocycles. The number of rotatable bonds is 5. The molecule has 0 spiro atoms. The Morgan fingerprint density at radius 2 is 1.83 bits per heavy atom. The second kappa shape index (κ2) is 7.93. The molecule has 0 aliphatic rings. The second-order valence-electron chi connectivity index (χ2n) is 5.51. The minimum atomic E-state index is -0.343. The van der Waals surface area contributed by atoms with Gasteiger partial charge in [0.05, 0.1) is 0 Å². The van der Waals surface area contributed by atoms with Crippen molar-refractivity contribution in [2.75, 3.05) is 11.9 Å². The summed E-state index contributed by atoms with van der Waals surface area (Å²) < 4.78 is 12.9. The van der Waals surface area contributed by atoms with Crippen LogP contribution in [0.25, 0.3) is 0 Å². The molecule has 0 aromatic heterocycles. The van der Waals surface area contributed by atoms with Gasteiger partial charge in [-0.05, 0) is 48.4 Å². The van der Waals surface area contributed by atoms with E-state index in [1.165, 1.54) is 24.0 Å². The highest BCUT2D eigenvalue weighted by molar-refractivity contribution is 6.30. The lowest BCUT2D eigenvalue weighted by molar-refractivity contribution is -0.133. The third-order valence-electron chi connectivity index (χ3n) is 3.53. The summed E-state index contributed by atoms with van der Waals surface area (Å²) in [6, 6.07) is 11.0. The lowest BCUT2D eigenvalue weighted by Gasteiger charge is -2.21. The number of nitrogens with one attached hydrogen (secondary N) is 1. The lowest BCUT2D eigenvalue weighted by atomic mass is 10.2. The van der Waals surface area contributed by atoms with E-state index < -0.39 is 0 Å². The van der Waals surface area contributed by atoms with E-state index in [2.05, 4.69) is 5.32 Å². The van der Waals surface area contributed by atoms with Crippen molar-refractivity contribution in [3.8, 4) is 0 Å². The summed E-state index contributed by atoms with van der Waals surface area (Å²) in [5, 5.41) is 3.36. The summed E-state index contributed by atoms with van der Waals surface area (Å²) in [5.41, 5.74) is 2.24. The molecule has 2 amide bonds. The van der Waals surface area contributed by atoms with Gasteiger partial charge in [0.25, 0.3) is 0 Å². The summed E-state index contributed by atoms with van der Waals surface area (Å²) >= 11 is 5.89. The van der Waals surface area contributed by atoms with Gasteiger partial charge < -0.3 is 10.2 Å². The first kappa shape index (κ1) is 17.9. The van der Waals surface area contributed by atoms with Crippen LogP contribution in [0, 0.1) is 12.7 Å². The van der Waals surface area contributed by atoms with E-state index in [1.54, 1.807) is 30.3 Å². The number of hydrogen-bond donors (Lipinski definition) is 1. The molecule has 24 heavy (non-hydrogen) atoms. The van der Waals surface area contributed by atoms with Gasteiger partial charge >= 0.3 is 0 Å². The zero-order valence-corrected chi connectivity index (χ0v) is 14.2. The van der Waals surface area contributed by atoms with Crippen LogP contribution in [-0.2, 0) is 16.1 Å². The Balaban J connectivity index is 2.02. The molecule has 0 radical (unpaired) electrons. The molecule has 0 bridgehead atoms. The summed E-state index contributed by atoms with van der Waals surface area (Å²) in [7, 11) is 0. The Morgan fingerprint density at radius 3 is 2.42 bits per heavy atom. The van der Waals surface area contributed by atoms with E-state index in [4.69, 9.17) is 11.6 Å². The van der Waals surface area contributed by atoms with Crippen molar-refractivity contribution in [2.24, 2.45) is 0 Å². The minimum Gasteiger partial charge on any atom is -0.329 e. The predicted molar refractivity (Wildman–Crippen MR) is 92.3 cm³/mol. The highest BCUT2D eigenvalue weighted by Crippen LogP contribution is 2.19. The number of carbonyl (C=O) groups excluding carboxylic acids is 2. The number of aryl methyl sites for hydroxylation is 1. The van der Waals surface area contributed by atoms with Gasteiger partial charge in [0.15, 0.2) is 0 Å². The van der Waals surface area contributed by atoms with Crippen LogP contribution in [0.4, 0.5) is 10.1 Å². The summed E-state index contributed by atoms with van der Waals surface area (Å²) in [5.74, 6) is -0.885. The molecule has 0 fully saturated rings. The Hall–Kier alpha value is -2.40. The molecule has 0 unspecified atom stereocenters. The van der Waals surface area contributed by atoms with E-state index in [0.29, 0.717) is 10.7 Å². The molecule has 1 N–H and O–H groups in total. The van der Waals surface area contributed by atoms with Crippen LogP contribution in [0.15, 0.2) is 42.5 Å². The zero-order chi connectivity index (χ0) is 17.7. The fourth-order valence-corrected chi connectivity index (χ4v) is 2.45. The van der Waals surface area contributed by atoms with Crippen LogP contribution >= 0.6 is 11.6 Å². The largest absolute Gasteiger partial charge is 0.329 e. The van der Waals surface area contributed by atoms with Crippen molar-refractivity contribution in [1.29, 1.82) is 0 Å². The molecule has 6 heteroatoms. The van der Waals surface area contributed by atoms with Crippen molar-refractivity contribution in [3.05, 3.63) is 64.4 Å². The predicted octanol–water partition coefficient (Wildman–Crippen LogP) is 3.77. The fraction of sp³-hybridized carbons (Fsp3) is 0.222. The zero-order valence-electron chi connectivity index (χ0n) is 13.5. The van der Waals surface area contributed by atoms with Crippen molar-refractivity contribution in [3.63, 3.8) is 0 Å². The molecule has 2 rings (SSSR count). The summed E-state index contributed by atoms with van der Waals surface area (Å²) in [6.07, 6.45) is 0. The van der Waals surface area contributed by atoms with Gasteiger partial charge in [-0.25, -0.2) is 4.39 Å². The number of hydrogen-bond acceptors (Lipinski definition) is 2. The molecule has 0 atom stereocenters. The maximum absolute atomic E-state index is 12.9. The quantitative estimate of drug-likeness (QED) is 0.894. The van der Waals surface area contributed by atoms with E-state index in [9.17, 15) is 14.0 Å². The van der Waals surface area contributed by atoms with Gasteiger partial charge in [0.2, 0.25) is 11.8 Å². The second-order valence-corrected chi connectivity index (χ2v) is 5.95. The van der Waals surface area contributed by atoms with Gasteiger partial charge in [-0.15, -0.1) is 0 Å². The average Bonchev–Trinajstić information content (AvgIpc) is 2.51. The molecule has 126 valence electrons. The first-order chi connectivity index (χ1) is 11.3. The van der Waals surface area contributed by atoms with E-state index in [1.807, 2.05) is 6.92 Å². The lowest BCUT2D eigenvalue weighted by Crippen LogP contribution is -2.36. The monoisotopic (exact) mass is 348 g/mol. The fourth-order valence-electron chi connectivity index (χ4n) is 2.22. The number of amides is 2. The van der Waals surface area contributed by atoms with Gasteiger partial charge in [0, 0.05) is 24.2 Å². The minimum absolute atomic E-state index is 0.0885. The van der Waals surface area contributed by atoms with Crippen LogP contribution in [0.2, 0.25) is 5.02 Å². The Morgan fingerprint density at radius 1 is 1.17 bits per heavy atom. The van der Waals surface area contributed by atoms with Gasteiger partial charge in [-0.2, -0.15) is 0 Å². The van der Waals surface area contributed by atoms with Crippen LogP contribution in [0.1, 0.15) is 18.1 Å². The molecule has 0 heterocycles. The van der Waals surface area contributed by atoms with Crippen LogP contribution in [0.5, 0.6) is 0 Å². The molecule has 4 nitrogen and oxygen atoms in total. The van der Waals surface area contributed by atoms with E-state index in [-0.39, 0.29) is 30.7 Å². The topological polar surface area (TPSA) is 49.4 Å². The molecule has 0 saturated heterocycles. The third-order valence-corrected chi connectivity index (χ3v) is 3.76. The Kier molecular flexibility index (Phi) is 5.93. The van der Waals surface area contributed by atoms with E-state index in [0.717, 1.165) is 11.1 Å². The average molecular weight is 349 g/mol. The molecular formula is C18H18ClFN2O2. The molecule has 2 aromatic rings. The molecular weight excluding hydrogens is 331 g/mol. The van der Waals surface area contributed by atoms with Gasteiger partial charge in [-0.3, -0.25) is 9.59 Å². The number of halogens is 2. The summed E-state index contributed by atoms with van der Waals surface area (Å²) in [4.78, 5) is 25.4. The first-order valence-corrected chi connectivity index (χ1v) is 7.79. The van der Waals surface area contributed by atoms with Crippen molar-refractivity contribution in [2.45, 2.75) is 20.4 Å². The van der Waals surface area contributed by atoms with E-state index >= 15 is 0 Å². The standard InChI is InChI=1S/C18H18ClFN2O2/c1-12-9-15(19)5-8-17(12)21-18(24)11-22(13(2)23)10-14-3-6-16(20)7-4-14/h3-9H,10-11H2,1-2H3,(H,21,24). The number of benzene rings is 2. The maximum atomic E-state index is 12.9. The molecule has 0 aliphatic carbocycles. The van der Waals surface area contributed by atoms with Crippen LogP contribution < -0.4 is 5.32 Å². The Bertz CT molecular complexity index is 747. The van der Waals surface area contributed by atoms with Crippen LogP contribution in [-0.4, -0.2) is 23.3 Å². The molecule has 0 aliphatic heterocycles. The maximum Gasteiger partial charge on any atom is 0.244 e. The first-order valence-electron chi connectivity index (χ1n) is 7.41. The highest BCUT2D eigenvalue weighted by atomic mass is 35.5.